The number of pyridine rings is 1. The van der Waals surface area contributed by atoms with E-state index in [1.165, 1.54) is 25.7 Å². The molecule has 4 aromatic rings. The van der Waals surface area contributed by atoms with Crippen LogP contribution < -0.4 is 16.4 Å². The van der Waals surface area contributed by atoms with E-state index in [4.69, 9.17) is 25.1 Å². The van der Waals surface area contributed by atoms with Crippen molar-refractivity contribution in [2.75, 3.05) is 10.6 Å². The van der Waals surface area contributed by atoms with E-state index in [1.807, 2.05) is 24.7 Å². The Labute approximate surface area is 204 Å². The van der Waals surface area contributed by atoms with E-state index in [-0.39, 0.29) is 6.04 Å². The molecule has 4 aromatic heterocycles. The molecule has 2 unspecified atom stereocenters. The van der Waals surface area contributed by atoms with Gasteiger partial charge < -0.3 is 25.4 Å². The molecule has 182 valence electrons. The molecule has 2 aliphatic rings. The Morgan fingerprint density at radius 1 is 1.03 bits per heavy atom. The molecule has 2 fully saturated rings. The zero-order valence-corrected chi connectivity index (χ0v) is 19.9. The number of aromatic nitrogens is 5. The highest BCUT2D eigenvalue weighted by Gasteiger charge is 2.24. The van der Waals surface area contributed by atoms with Crippen molar-refractivity contribution in [1.29, 1.82) is 0 Å². The minimum atomic E-state index is 0.240. The summed E-state index contributed by atoms with van der Waals surface area (Å²) in [4.78, 5) is 19.1. The number of hydrogen-bond donors (Lipinski definition) is 3. The number of furan rings is 1. The van der Waals surface area contributed by atoms with Gasteiger partial charge in [-0.3, -0.25) is 4.98 Å². The van der Waals surface area contributed by atoms with Crippen LogP contribution in [0.15, 0.2) is 47.7 Å². The normalized spacial score (nSPS) is 20.9. The highest BCUT2D eigenvalue weighted by Crippen LogP contribution is 2.33. The van der Waals surface area contributed by atoms with Crippen molar-refractivity contribution in [2.24, 2.45) is 5.73 Å². The van der Waals surface area contributed by atoms with Crippen LogP contribution >= 0.6 is 0 Å². The number of anilines is 2. The van der Waals surface area contributed by atoms with Crippen LogP contribution in [0.1, 0.15) is 63.0 Å². The Balaban J connectivity index is 1.26. The molecule has 4 N–H and O–H groups in total. The molecular formula is C26H32N8O. The minimum absolute atomic E-state index is 0.240. The molecule has 2 saturated carbocycles. The lowest BCUT2D eigenvalue weighted by molar-refractivity contribution is 0.408. The predicted octanol–water partition coefficient (Wildman–Crippen LogP) is 4.89. The number of imidazole rings is 1. The second-order valence-electron chi connectivity index (χ2n) is 9.84. The first-order valence-electron chi connectivity index (χ1n) is 12.7. The first-order valence-corrected chi connectivity index (χ1v) is 12.7. The first-order chi connectivity index (χ1) is 17.2. The summed E-state index contributed by atoms with van der Waals surface area (Å²) >= 11 is 0. The largest absolute Gasteiger partial charge is 0.472 e. The molecule has 6 rings (SSSR count). The molecule has 9 heteroatoms. The van der Waals surface area contributed by atoms with Gasteiger partial charge in [0, 0.05) is 36.4 Å². The molecule has 0 spiro atoms. The molecule has 9 nitrogen and oxygen atoms in total. The third-order valence-electron chi connectivity index (χ3n) is 7.29. The summed E-state index contributed by atoms with van der Waals surface area (Å²) in [7, 11) is 0. The summed E-state index contributed by atoms with van der Waals surface area (Å²) in [6.45, 7) is 0.592. The summed E-state index contributed by atoms with van der Waals surface area (Å²) in [5, 5.41) is 7.07. The van der Waals surface area contributed by atoms with Crippen LogP contribution in [0.4, 0.5) is 11.8 Å². The lowest BCUT2D eigenvalue weighted by Crippen LogP contribution is -2.35. The molecule has 4 heterocycles. The molecule has 0 bridgehead atoms. The number of fused-ring (bicyclic) bond motifs is 1. The van der Waals surface area contributed by atoms with E-state index >= 15 is 0 Å². The SMILES string of the molecule is NC1CCCC(Nc2nc(NCc3ccc(-c4ccoc4)nc3)c3ncn(C4CCCC4)c3n2)C1. The Morgan fingerprint density at radius 3 is 2.71 bits per heavy atom. The van der Waals surface area contributed by atoms with Gasteiger partial charge in [-0.2, -0.15) is 9.97 Å². The quantitative estimate of drug-likeness (QED) is 0.348. The maximum absolute atomic E-state index is 6.22. The van der Waals surface area contributed by atoms with Crippen LogP contribution in [-0.2, 0) is 6.54 Å². The standard InChI is InChI=1S/C26H32N8O/c27-19-4-3-5-20(12-19)31-26-32-24(23-25(33-26)34(16-30-23)21-6-1-2-7-21)29-14-17-8-9-22(28-13-17)18-10-11-35-15-18/h8-11,13,15-16,19-21H,1-7,12,14,27H2,(H2,29,31,32,33). The van der Waals surface area contributed by atoms with E-state index in [0.29, 0.717) is 24.6 Å². The lowest BCUT2D eigenvalue weighted by atomic mass is 9.92. The van der Waals surface area contributed by atoms with Gasteiger partial charge >= 0.3 is 0 Å². The second kappa shape index (κ2) is 9.65. The van der Waals surface area contributed by atoms with Gasteiger partial charge in [-0.1, -0.05) is 18.9 Å². The third kappa shape index (κ3) is 4.73. The van der Waals surface area contributed by atoms with E-state index in [9.17, 15) is 0 Å². The van der Waals surface area contributed by atoms with E-state index in [2.05, 4.69) is 26.3 Å². The van der Waals surface area contributed by atoms with E-state index < -0.39 is 0 Å². The molecular weight excluding hydrogens is 440 g/mol. The zero-order chi connectivity index (χ0) is 23.6. The second-order valence-corrected chi connectivity index (χ2v) is 9.84. The van der Waals surface area contributed by atoms with Gasteiger partial charge in [0.05, 0.1) is 24.5 Å². The van der Waals surface area contributed by atoms with Gasteiger partial charge in [0.2, 0.25) is 5.95 Å². The van der Waals surface area contributed by atoms with E-state index in [1.54, 1.807) is 12.5 Å². The monoisotopic (exact) mass is 472 g/mol. The van der Waals surface area contributed by atoms with Crippen molar-refractivity contribution in [3.63, 3.8) is 0 Å². The first kappa shape index (κ1) is 22.0. The fourth-order valence-corrected chi connectivity index (χ4v) is 5.39. The van der Waals surface area contributed by atoms with Crippen LogP contribution in [0.2, 0.25) is 0 Å². The van der Waals surface area contributed by atoms with Gasteiger partial charge in [-0.15, -0.1) is 0 Å². The summed E-state index contributed by atoms with van der Waals surface area (Å²) in [6, 6.07) is 6.98. The topological polar surface area (TPSA) is 120 Å². The molecule has 0 saturated heterocycles. The molecule has 2 aliphatic carbocycles. The van der Waals surface area contributed by atoms with Crippen LogP contribution in [0, 0.1) is 0 Å². The van der Waals surface area contributed by atoms with Crippen LogP contribution in [0.3, 0.4) is 0 Å². The fourth-order valence-electron chi connectivity index (χ4n) is 5.39. The Morgan fingerprint density at radius 2 is 1.94 bits per heavy atom. The van der Waals surface area contributed by atoms with Crippen molar-refractivity contribution in [1.82, 2.24) is 24.5 Å². The highest BCUT2D eigenvalue weighted by atomic mass is 16.3. The number of hydrogen-bond acceptors (Lipinski definition) is 8. The Bertz CT molecular complexity index is 1260. The third-order valence-corrected chi connectivity index (χ3v) is 7.29. The van der Waals surface area contributed by atoms with Crippen molar-refractivity contribution in [3.8, 4) is 11.3 Å². The molecule has 0 radical (unpaired) electrons. The smallest absolute Gasteiger partial charge is 0.227 e. The number of nitrogens with one attached hydrogen (secondary N) is 2. The van der Waals surface area contributed by atoms with Crippen molar-refractivity contribution >= 4 is 22.9 Å². The van der Waals surface area contributed by atoms with Crippen LogP contribution in [0.25, 0.3) is 22.4 Å². The van der Waals surface area contributed by atoms with Crippen molar-refractivity contribution in [2.45, 2.75) is 76.0 Å². The maximum atomic E-state index is 6.22. The van der Waals surface area contributed by atoms with E-state index in [0.717, 1.165) is 59.5 Å². The van der Waals surface area contributed by atoms with Gasteiger partial charge in [-0.25, -0.2) is 4.98 Å². The summed E-state index contributed by atoms with van der Waals surface area (Å²) in [5.74, 6) is 1.39. The summed E-state index contributed by atoms with van der Waals surface area (Å²) in [6.07, 6.45) is 16.3. The fraction of sp³-hybridized carbons (Fsp3) is 0.462. The summed E-state index contributed by atoms with van der Waals surface area (Å²) < 4.78 is 7.41. The van der Waals surface area contributed by atoms with Crippen molar-refractivity contribution < 1.29 is 4.42 Å². The Kier molecular flexibility index (Phi) is 6.08. The average molecular weight is 473 g/mol. The molecule has 0 aliphatic heterocycles. The van der Waals surface area contributed by atoms with Crippen LogP contribution in [0.5, 0.6) is 0 Å². The number of rotatable bonds is 7. The molecule has 0 amide bonds. The number of nitrogens with zero attached hydrogens (tertiary/aromatic N) is 5. The lowest BCUT2D eigenvalue weighted by Gasteiger charge is -2.27. The van der Waals surface area contributed by atoms with Gasteiger partial charge in [0.25, 0.3) is 0 Å². The molecule has 2 atom stereocenters. The van der Waals surface area contributed by atoms with Gasteiger partial charge in [0.1, 0.15) is 0 Å². The predicted molar refractivity (Wildman–Crippen MR) is 136 cm³/mol. The van der Waals surface area contributed by atoms with Gasteiger partial charge in [-0.05, 0) is 56.2 Å². The van der Waals surface area contributed by atoms with Gasteiger partial charge in [0.15, 0.2) is 17.0 Å². The summed E-state index contributed by atoms with van der Waals surface area (Å²) in [5.41, 5.74) is 10.8. The highest BCUT2D eigenvalue weighted by molar-refractivity contribution is 5.84. The van der Waals surface area contributed by atoms with Crippen molar-refractivity contribution in [3.05, 3.63) is 48.8 Å². The average Bonchev–Trinajstić information content (AvgIpc) is 3.65. The minimum Gasteiger partial charge on any atom is -0.472 e. The Hall–Kier alpha value is -3.46. The number of nitrogens with two attached hydrogens (primary N) is 1. The van der Waals surface area contributed by atoms with Crippen LogP contribution in [-0.4, -0.2) is 36.6 Å². The molecule has 35 heavy (non-hydrogen) atoms. The zero-order valence-electron chi connectivity index (χ0n) is 19.9. The molecule has 0 aromatic carbocycles. The maximum Gasteiger partial charge on any atom is 0.227 e.